The number of methoxy groups -OCH3 is 1. The van der Waals surface area contributed by atoms with Crippen LogP contribution >= 0.6 is 11.3 Å². The zero-order valence-electron chi connectivity index (χ0n) is 12.7. The molecule has 0 amide bonds. The Balaban J connectivity index is 1.85. The number of ether oxygens (including phenoxy) is 1. The molecule has 0 saturated heterocycles. The topological polar surface area (TPSA) is 44.1 Å². The predicted octanol–water partition coefficient (Wildman–Crippen LogP) is 3.48. The van der Waals surface area contributed by atoms with Crippen LogP contribution in [0, 0.1) is 12.7 Å². The van der Waals surface area contributed by atoms with Crippen LogP contribution in [0.5, 0.6) is 5.75 Å². The van der Waals surface area contributed by atoms with Crippen LogP contribution in [0.15, 0.2) is 46.7 Å². The second-order valence-electron chi connectivity index (χ2n) is 5.15. The Morgan fingerprint density at radius 2 is 2.13 bits per heavy atom. The normalized spacial score (nSPS) is 10.7. The van der Waals surface area contributed by atoms with E-state index < -0.39 is 5.82 Å². The van der Waals surface area contributed by atoms with Crippen LogP contribution in [0.2, 0.25) is 0 Å². The lowest BCUT2D eigenvalue weighted by molar-refractivity contribution is 0.386. The summed E-state index contributed by atoms with van der Waals surface area (Å²) in [6.07, 6.45) is 1.76. The van der Waals surface area contributed by atoms with Gasteiger partial charge in [0, 0.05) is 23.2 Å². The van der Waals surface area contributed by atoms with Crippen molar-refractivity contribution in [2.75, 3.05) is 7.11 Å². The third-order valence-corrected chi connectivity index (χ3v) is 4.29. The lowest BCUT2D eigenvalue weighted by Crippen LogP contribution is -2.19. The summed E-state index contributed by atoms with van der Waals surface area (Å²) in [6, 6.07) is 8.21. The number of nitrogens with zero attached hydrogens (tertiary/aromatic N) is 2. The summed E-state index contributed by atoms with van der Waals surface area (Å²) in [5.41, 5.74) is 2.24. The average molecular weight is 330 g/mol. The predicted molar refractivity (Wildman–Crippen MR) is 88.6 cm³/mol. The minimum Gasteiger partial charge on any atom is -0.494 e. The first-order valence-corrected chi connectivity index (χ1v) is 7.90. The maximum atomic E-state index is 13.8. The molecule has 6 heteroatoms. The van der Waals surface area contributed by atoms with Gasteiger partial charge in [-0.05, 0) is 36.8 Å². The molecule has 0 bridgehead atoms. The Labute approximate surface area is 136 Å². The van der Waals surface area contributed by atoms with Gasteiger partial charge in [-0.1, -0.05) is 0 Å². The molecule has 4 nitrogen and oxygen atoms in total. The van der Waals surface area contributed by atoms with Crippen LogP contribution in [0.3, 0.4) is 0 Å². The molecule has 0 aliphatic carbocycles. The van der Waals surface area contributed by atoms with Gasteiger partial charge >= 0.3 is 0 Å². The van der Waals surface area contributed by atoms with Crippen molar-refractivity contribution in [1.82, 2.24) is 9.55 Å². The van der Waals surface area contributed by atoms with Crippen molar-refractivity contribution in [2.45, 2.75) is 13.5 Å². The summed E-state index contributed by atoms with van der Waals surface area (Å²) in [5.74, 6) is -0.218. The maximum absolute atomic E-state index is 13.8. The van der Waals surface area contributed by atoms with Gasteiger partial charge in [-0.25, -0.2) is 9.37 Å². The molecule has 3 aromatic rings. The van der Waals surface area contributed by atoms with Gasteiger partial charge in [0.15, 0.2) is 11.6 Å². The molecular weight excluding hydrogens is 315 g/mol. The number of benzene rings is 1. The molecule has 0 unspecified atom stereocenters. The average Bonchev–Trinajstić information content (AvgIpc) is 2.98. The second kappa shape index (κ2) is 6.34. The molecular formula is C17H15FN2O2S. The molecule has 0 N–H and O–H groups in total. The van der Waals surface area contributed by atoms with Gasteiger partial charge in [0.25, 0.3) is 5.56 Å². The van der Waals surface area contributed by atoms with Crippen LogP contribution in [0.4, 0.5) is 4.39 Å². The molecule has 0 aliphatic rings. The molecule has 0 spiro atoms. The van der Waals surface area contributed by atoms with Crippen LogP contribution in [0.1, 0.15) is 10.6 Å². The maximum Gasteiger partial charge on any atom is 0.251 e. The lowest BCUT2D eigenvalue weighted by atomic mass is 10.1. The Hall–Kier alpha value is -2.47. The number of aromatic nitrogens is 2. The Kier molecular flexibility index (Phi) is 4.25. The third-order valence-electron chi connectivity index (χ3n) is 3.46. The van der Waals surface area contributed by atoms with E-state index in [4.69, 9.17) is 4.74 Å². The minimum absolute atomic E-state index is 0.0581. The zero-order chi connectivity index (χ0) is 16.4. The van der Waals surface area contributed by atoms with Gasteiger partial charge in [0.05, 0.1) is 19.3 Å². The molecule has 2 aromatic heterocycles. The molecule has 2 heterocycles. The Morgan fingerprint density at radius 3 is 2.83 bits per heavy atom. The molecule has 0 radical (unpaired) electrons. The van der Waals surface area contributed by atoms with E-state index >= 15 is 0 Å². The van der Waals surface area contributed by atoms with E-state index in [0.29, 0.717) is 17.8 Å². The zero-order valence-corrected chi connectivity index (χ0v) is 13.6. The largest absolute Gasteiger partial charge is 0.494 e. The number of hydrogen-bond donors (Lipinski definition) is 0. The molecule has 0 aliphatic heterocycles. The standard InChI is InChI=1S/C17H15FN2O2S/c1-11-5-6-20(17(21)7-11)9-16-19-14(10-23-16)12-3-4-15(22-2)13(18)8-12/h3-8,10H,9H2,1-2H3. The fourth-order valence-corrected chi connectivity index (χ4v) is 3.03. The van der Waals surface area contributed by atoms with Crippen molar-refractivity contribution >= 4 is 11.3 Å². The van der Waals surface area contributed by atoms with Gasteiger partial charge < -0.3 is 9.30 Å². The van der Waals surface area contributed by atoms with E-state index in [1.165, 1.54) is 24.5 Å². The highest BCUT2D eigenvalue weighted by Crippen LogP contribution is 2.26. The monoisotopic (exact) mass is 330 g/mol. The van der Waals surface area contributed by atoms with Crippen molar-refractivity contribution in [3.05, 3.63) is 68.7 Å². The Bertz CT molecular complexity index is 902. The van der Waals surface area contributed by atoms with Gasteiger partial charge in [0.1, 0.15) is 5.01 Å². The van der Waals surface area contributed by atoms with E-state index in [2.05, 4.69) is 4.98 Å². The molecule has 0 fully saturated rings. The molecule has 118 valence electrons. The van der Waals surface area contributed by atoms with E-state index in [1.54, 1.807) is 29.0 Å². The number of thiazole rings is 1. The molecule has 3 rings (SSSR count). The summed E-state index contributed by atoms with van der Waals surface area (Å²) in [7, 11) is 1.43. The number of halogens is 1. The van der Waals surface area contributed by atoms with E-state index in [9.17, 15) is 9.18 Å². The smallest absolute Gasteiger partial charge is 0.251 e. The first kappa shape index (κ1) is 15.4. The molecule has 0 atom stereocenters. The highest BCUT2D eigenvalue weighted by atomic mass is 32.1. The van der Waals surface area contributed by atoms with Crippen LogP contribution in [-0.2, 0) is 6.54 Å². The number of hydrogen-bond acceptors (Lipinski definition) is 4. The minimum atomic E-state index is -0.422. The van der Waals surface area contributed by atoms with Gasteiger partial charge in [-0.2, -0.15) is 0 Å². The van der Waals surface area contributed by atoms with E-state index in [-0.39, 0.29) is 11.3 Å². The van der Waals surface area contributed by atoms with Crippen molar-refractivity contribution in [1.29, 1.82) is 0 Å². The third kappa shape index (κ3) is 3.32. The Morgan fingerprint density at radius 1 is 1.30 bits per heavy atom. The summed E-state index contributed by atoms with van der Waals surface area (Å²) in [5, 5.41) is 2.65. The van der Waals surface area contributed by atoms with Crippen LogP contribution < -0.4 is 10.3 Å². The SMILES string of the molecule is COc1ccc(-c2csc(Cn3ccc(C)cc3=O)n2)cc1F. The van der Waals surface area contributed by atoms with Crippen molar-refractivity contribution in [3.8, 4) is 17.0 Å². The van der Waals surface area contributed by atoms with Gasteiger partial charge in [0.2, 0.25) is 0 Å². The number of aryl methyl sites for hydroxylation is 1. The van der Waals surface area contributed by atoms with Crippen molar-refractivity contribution in [3.63, 3.8) is 0 Å². The second-order valence-corrected chi connectivity index (χ2v) is 6.09. The molecule has 1 aromatic carbocycles. The fraction of sp³-hybridized carbons (Fsp3) is 0.176. The summed E-state index contributed by atoms with van der Waals surface area (Å²) in [6.45, 7) is 2.29. The van der Waals surface area contributed by atoms with Crippen LogP contribution in [-0.4, -0.2) is 16.7 Å². The quantitative estimate of drug-likeness (QED) is 0.736. The van der Waals surface area contributed by atoms with Gasteiger partial charge in [-0.15, -0.1) is 11.3 Å². The van der Waals surface area contributed by atoms with Crippen molar-refractivity contribution in [2.24, 2.45) is 0 Å². The first-order chi connectivity index (χ1) is 11.1. The number of pyridine rings is 1. The first-order valence-electron chi connectivity index (χ1n) is 7.02. The highest BCUT2D eigenvalue weighted by Gasteiger charge is 2.09. The molecule has 23 heavy (non-hydrogen) atoms. The summed E-state index contributed by atoms with van der Waals surface area (Å²) < 4.78 is 20.3. The molecule has 0 saturated carbocycles. The lowest BCUT2D eigenvalue weighted by Gasteiger charge is -2.04. The van der Waals surface area contributed by atoms with Crippen LogP contribution in [0.25, 0.3) is 11.3 Å². The highest BCUT2D eigenvalue weighted by molar-refractivity contribution is 7.09. The summed E-state index contributed by atoms with van der Waals surface area (Å²) in [4.78, 5) is 16.4. The van der Waals surface area contributed by atoms with E-state index in [1.807, 2.05) is 18.4 Å². The summed E-state index contributed by atoms with van der Waals surface area (Å²) >= 11 is 1.44. The fourth-order valence-electron chi connectivity index (χ4n) is 2.22. The number of rotatable bonds is 4. The van der Waals surface area contributed by atoms with Crippen molar-refractivity contribution < 1.29 is 9.13 Å². The van der Waals surface area contributed by atoms with Gasteiger partial charge in [-0.3, -0.25) is 4.79 Å². The van der Waals surface area contributed by atoms with E-state index in [0.717, 1.165) is 10.6 Å².